The molecular formula is C25H31N3O2S. The molecule has 0 aliphatic carbocycles. The fourth-order valence-electron chi connectivity index (χ4n) is 3.88. The van der Waals surface area contributed by atoms with Gasteiger partial charge in [-0.15, -0.1) is 11.3 Å². The SMILES string of the molecule is CCCCC(CC)Cn1c(-c2ccc([N+](=O)[O-])cc2)csc1=Nc1cc(C)cc(C)c1. The molecule has 0 radical (unpaired) electrons. The number of benzene rings is 2. The summed E-state index contributed by atoms with van der Waals surface area (Å²) in [5, 5.41) is 13.2. The number of hydrogen-bond acceptors (Lipinski definition) is 4. The van der Waals surface area contributed by atoms with E-state index in [-0.39, 0.29) is 10.6 Å². The average Bonchev–Trinajstić information content (AvgIpc) is 3.12. The van der Waals surface area contributed by atoms with Gasteiger partial charge in [-0.2, -0.15) is 0 Å². The Morgan fingerprint density at radius 1 is 1.10 bits per heavy atom. The van der Waals surface area contributed by atoms with Crippen molar-refractivity contribution in [2.24, 2.45) is 10.9 Å². The van der Waals surface area contributed by atoms with Crippen molar-refractivity contribution >= 4 is 22.7 Å². The summed E-state index contributed by atoms with van der Waals surface area (Å²) in [6.45, 7) is 9.56. The van der Waals surface area contributed by atoms with Crippen LogP contribution in [0.5, 0.6) is 0 Å². The predicted octanol–water partition coefficient (Wildman–Crippen LogP) is 7.19. The highest BCUT2D eigenvalue weighted by Crippen LogP contribution is 2.26. The van der Waals surface area contributed by atoms with Crippen LogP contribution in [0.3, 0.4) is 0 Å². The first kappa shape index (κ1) is 22.9. The van der Waals surface area contributed by atoms with Crippen molar-refractivity contribution in [2.45, 2.75) is 59.9 Å². The molecule has 0 aliphatic heterocycles. The minimum Gasteiger partial charge on any atom is -0.316 e. The van der Waals surface area contributed by atoms with Crippen LogP contribution < -0.4 is 4.80 Å². The van der Waals surface area contributed by atoms with Gasteiger partial charge in [0.2, 0.25) is 0 Å². The summed E-state index contributed by atoms with van der Waals surface area (Å²) in [7, 11) is 0. The molecule has 1 atom stereocenters. The van der Waals surface area contributed by atoms with Gasteiger partial charge in [-0.3, -0.25) is 10.1 Å². The molecule has 0 amide bonds. The number of aryl methyl sites for hydroxylation is 2. The van der Waals surface area contributed by atoms with E-state index < -0.39 is 0 Å². The lowest BCUT2D eigenvalue weighted by Crippen LogP contribution is -2.21. The Hall–Kier alpha value is -2.73. The van der Waals surface area contributed by atoms with Gasteiger partial charge < -0.3 is 4.57 Å². The van der Waals surface area contributed by atoms with Crippen LogP contribution in [0.2, 0.25) is 0 Å². The molecule has 2 aromatic carbocycles. The van der Waals surface area contributed by atoms with Crippen LogP contribution in [0.25, 0.3) is 11.3 Å². The molecule has 1 unspecified atom stereocenters. The van der Waals surface area contributed by atoms with Crippen molar-refractivity contribution in [1.29, 1.82) is 0 Å². The number of non-ortho nitro benzene ring substituents is 1. The fourth-order valence-corrected chi connectivity index (χ4v) is 4.82. The topological polar surface area (TPSA) is 60.4 Å². The summed E-state index contributed by atoms with van der Waals surface area (Å²) in [6, 6.07) is 13.2. The summed E-state index contributed by atoms with van der Waals surface area (Å²) >= 11 is 1.63. The van der Waals surface area contributed by atoms with E-state index in [4.69, 9.17) is 4.99 Å². The Morgan fingerprint density at radius 2 is 1.77 bits per heavy atom. The summed E-state index contributed by atoms with van der Waals surface area (Å²) < 4.78 is 2.30. The number of thiazole rings is 1. The molecule has 0 saturated carbocycles. The van der Waals surface area contributed by atoms with E-state index in [1.165, 1.54) is 30.4 Å². The van der Waals surface area contributed by atoms with Gasteiger partial charge in [0.05, 0.1) is 16.3 Å². The van der Waals surface area contributed by atoms with E-state index in [1.54, 1.807) is 23.5 Å². The first-order valence-corrected chi connectivity index (χ1v) is 11.8. The normalized spacial score (nSPS) is 12.8. The highest BCUT2D eigenvalue weighted by Gasteiger charge is 2.15. The van der Waals surface area contributed by atoms with Crippen molar-refractivity contribution in [3.05, 3.63) is 73.9 Å². The molecule has 5 nitrogen and oxygen atoms in total. The van der Waals surface area contributed by atoms with Gasteiger partial charge in [0.1, 0.15) is 0 Å². The Balaban J connectivity index is 2.08. The van der Waals surface area contributed by atoms with Crippen molar-refractivity contribution in [2.75, 3.05) is 0 Å². The first-order chi connectivity index (χ1) is 14.9. The van der Waals surface area contributed by atoms with Crippen molar-refractivity contribution < 1.29 is 4.92 Å². The highest BCUT2D eigenvalue weighted by atomic mass is 32.1. The van der Waals surface area contributed by atoms with E-state index in [9.17, 15) is 10.1 Å². The summed E-state index contributed by atoms with van der Waals surface area (Å²) in [4.78, 5) is 16.7. The van der Waals surface area contributed by atoms with Crippen molar-refractivity contribution in [3.8, 4) is 11.3 Å². The van der Waals surface area contributed by atoms with Crippen molar-refractivity contribution in [3.63, 3.8) is 0 Å². The lowest BCUT2D eigenvalue weighted by Gasteiger charge is -2.18. The van der Waals surface area contributed by atoms with Crippen LogP contribution in [0, 0.1) is 29.9 Å². The predicted molar refractivity (Wildman–Crippen MR) is 129 cm³/mol. The summed E-state index contributed by atoms with van der Waals surface area (Å²) in [6.07, 6.45) is 4.73. The third-order valence-electron chi connectivity index (χ3n) is 5.59. The fraction of sp³-hybridized carbons (Fsp3) is 0.400. The maximum absolute atomic E-state index is 11.1. The average molecular weight is 438 g/mol. The minimum absolute atomic E-state index is 0.111. The number of aromatic nitrogens is 1. The van der Waals surface area contributed by atoms with Gasteiger partial charge in [0.25, 0.3) is 5.69 Å². The number of rotatable bonds is 9. The second-order valence-corrected chi connectivity index (χ2v) is 9.03. The van der Waals surface area contributed by atoms with Crippen LogP contribution in [0.4, 0.5) is 11.4 Å². The molecule has 3 rings (SSSR count). The minimum atomic E-state index is -0.357. The van der Waals surface area contributed by atoms with Crippen LogP contribution >= 0.6 is 11.3 Å². The first-order valence-electron chi connectivity index (χ1n) is 11.0. The number of hydrogen-bond donors (Lipinski definition) is 0. The summed E-state index contributed by atoms with van der Waals surface area (Å²) in [5.74, 6) is 0.574. The zero-order valence-corrected chi connectivity index (χ0v) is 19.6. The Kier molecular flexibility index (Phi) is 7.80. The summed E-state index contributed by atoms with van der Waals surface area (Å²) in [5.41, 5.74) is 5.52. The van der Waals surface area contributed by atoms with E-state index >= 15 is 0 Å². The standard InChI is InChI=1S/C25H31N3O2S/c1-5-7-8-20(6-2)16-27-24(21-9-11-23(12-10-21)28(29)30)17-31-25(27)26-22-14-18(3)13-19(4)15-22/h9-15,17,20H,5-8,16H2,1-4H3. The van der Waals surface area contributed by atoms with E-state index in [0.29, 0.717) is 5.92 Å². The van der Waals surface area contributed by atoms with Crippen LogP contribution in [-0.4, -0.2) is 9.49 Å². The lowest BCUT2D eigenvalue weighted by molar-refractivity contribution is -0.384. The Labute approximate surface area is 188 Å². The van der Waals surface area contributed by atoms with Gasteiger partial charge in [-0.1, -0.05) is 39.2 Å². The molecule has 0 N–H and O–H groups in total. The van der Waals surface area contributed by atoms with E-state index in [0.717, 1.165) is 34.7 Å². The number of nitrogens with zero attached hydrogens (tertiary/aromatic N) is 3. The molecular weight excluding hydrogens is 406 g/mol. The molecule has 31 heavy (non-hydrogen) atoms. The van der Waals surface area contributed by atoms with Crippen LogP contribution in [-0.2, 0) is 6.54 Å². The van der Waals surface area contributed by atoms with Gasteiger partial charge in [-0.25, -0.2) is 4.99 Å². The van der Waals surface area contributed by atoms with Crippen molar-refractivity contribution in [1.82, 2.24) is 4.57 Å². The molecule has 0 fully saturated rings. The quantitative estimate of drug-likeness (QED) is 0.263. The van der Waals surface area contributed by atoms with Gasteiger partial charge in [0, 0.05) is 24.1 Å². The Morgan fingerprint density at radius 3 is 2.35 bits per heavy atom. The molecule has 0 spiro atoms. The number of nitro benzene ring substituents is 1. The second kappa shape index (κ2) is 10.5. The monoisotopic (exact) mass is 437 g/mol. The largest absolute Gasteiger partial charge is 0.316 e. The van der Waals surface area contributed by atoms with Gasteiger partial charge >= 0.3 is 0 Å². The second-order valence-electron chi connectivity index (χ2n) is 8.19. The number of unbranched alkanes of at least 4 members (excludes halogenated alkanes) is 1. The molecule has 0 saturated heterocycles. The maximum Gasteiger partial charge on any atom is 0.269 e. The van der Waals surface area contributed by atoms with Gasteiger partial charge in [0.15, 0.2) is 4.80 Å². The molecule has 0 bridgehead atoms. The molecule has 6 heteroatoms. The number of nitro groups is 1. The maximum atomic E-state index is 11.1. The highest BCUT2D eigenvalue weighted by molar-refractivity contribution is 7.07. The van der Waals surface area contributed by atoms with Gasteiger partial charge in [-0.05, 0) is 67.1 Å². The third-order valence-corrected chi connectivity index (χ3v) is 6.45. The zero-order chi connectivity index (χ0) is 22.4. The van der Waals surface area contributed by atoms with Crippen LogP contribution in [0.15, 0.2) is 52.8 Å². The molecule has 3 aromatic rings. The van der Waals surface area contributed by atoms with E-state index in [1.807, 2.05) is 12.1 Å². The lowest BCUT2D eigenvalue weighted by atomic mass is 9.99. The van der Waals surface area contributed by atoms with E-state index in [2.05, 4.69) is 55.8 Å². The molecule has 0 aliphatic rings. The third kappa shape index (κ3) is 5.91. The van der Waals surface area contributed by atoms with Crippen LogP contribution in [0.1, 0.15) is 50.7 Å². The molecule has 1 heterocycles. The Bertz CT molecular complexity index is 1080. The molecule has 1 aromatic heterocycles. The smallest absolute Gasteiger partial charge is 0.269 e. The zero-order valence-electron chi connectivity index (χ0n) is 18.8. The molecule has 164 valence electrons.